The van der Waals surface area contributed by atoms with E-state index in [0.717, 1.165) is 29.7 Å². The second-order valence-electron chi connectivity index (χ2n) is 6.65. The van der Waals surface area contributed by atoms with Crippen LogP contribution in [-0.4, -0.2) is 42.4 Å². The van der Waals surface area contributed by atoms with Crippen LogP contribution in [0.15, 0.2) is 18.2 Å². The number of rotatable bonds is 4. The number of hydrogen-bond donors (Lipinski definition) is 1. The van der Waals surface area contributed by atoms with Crippen molar-refractivity contribution in [3.8, 4) is 0 Å². The van der Waals surface area contributed by atoms with Crippen molar-refractivity contribution in [1.82, 2.24) is 4.90 Å². The van der Waals surface area contributed by atoms with Crippen molar-refractivity contribution in [2.45, 2.75) is 39.0 Å². The van der Waals surface area contributed by atoms with Gasteiger partial charge in [0.25, 0.3) is 0 Å². The molecule has 1 unspecified atom stereocenters. The molecule has 6 nitrogen and oxygen atoms in total. The van der Waals surface area contributed by atoms with Crippen LogP contribution >= 0.6 is 0 Å². The van der Waals surface area contributed by atoms with Gasteiger partial charge in [0.05, 0.1) is 18.9 Å². The Morgan fingerprint density at radius 2 is 2.16 bits per heavy atom. The molecule has 3 rings (SSSR count). The lowest BCUT2D eigenvalue weighted by atomic mass is 9.96. The fourth-order valence-corrected chi connectivity index (χ4v) is 3.49. The lowest BCUT2D eigenvalue weighted by molar-refractivity contribution is -0.151. The Labute approximate surface area is 147 Å². The molecule has 1 atom stereocenters. The molecular weight excluding hydrogens is 320 g/mol. The number of ether oxygens (including phenoxy) is 1. The first kappa shape index (κ1) is 17.5. The van der Waals surface area contributed by atoms with Gasteiger partial charge in [-0.3, -0.25) is 14.4 Å². The predicted molar refractivity (Wildman–Crippen MR) is 93.0 cm³/mol. The number of fused-ring (bicyclic) bond motifs is 1. The maximum absolute atomic E-state index is 12.6. The number of piperidine rings is 1. The zero-order valence-corrected chi connectivity index (χ0v) is 14.5. The van der Waals surface area contributed by atoms with Gasteiger partial charge in [-0.25, -0.2) is 0 Å². The largest absolute Gasteiger partial charge is 0.466 e. The summed E-state index contributed by atoms with van der Waals surface area (Å²) in [7, 11) is 0. The minimum Gasteiger partial charge on any atom is -0.466 e. The number of amides is 2. The van der Waals surface area contributed by atoms with Gasteiger partial charge < -0.3 is 15.0 Å². The quantitative estimate of drug-likeness (QED) is 0.847. The summed E-state index contributed by atoms with van der Waals surface area (Å²) in [6.07, 6.45) is 3.11. The van der Waals surface area contributed by atoms with E-state index in [9.17, 15) is 14.4 Å². The van der Waals surface area contributed by atoms with Gasteiger partial charge >= 0.3 is 5.97 Å². The Balaban J connectivity index is 1.62. The van der Waals surface area contributed by atoms with E-state index in [1.165, 1.54) is 0 Å². The molecule has 1 aromatic rings. The number of anilines is 1. The molecule has 2 heterocycles. The number of hydrogen-bond acceptors (Lipinski definition) is 4. The molecule has 1 fully saturated rings. The standard InChI is InChI=1S/C19H24N2O4/c1-2-25-19(24)15-4-3-9-21(12-15)18(23)11-13-5-7-16-14(10-13)6-8-17(22)20-16/h5,7,10,15H,2-4,6,8-9,11-12H2,1H3,(H,20,22). The Kier molecular flexibility index (Phi) is 5.36. The molecule has 1 saturated heterocycles. The van der Waals surface area contributed by atoms with Crippen LogP contribution < -0.4 is 5.32 Å². The number of carbonyl (C=O) groups is 3. The fourth-order valence-electron chi connectivity index (χ4n) is 3.49. The van der Waals surface area contributed by atoms with E-state index in [2.05, 4.69) is 5.32 Å². The highest BCUT2D eigenvalue weighted by Crippen LogP contribution is 2.24. The maximum atomic E-state index is 12.6. The number of esters is 1. The minimum atomic E-state index is -0.212. The molecule has 134 valence electrons. The van der Waals surface area contributed by atoms with Crippen LogP contribution in [0.4, 0.5) is 5.69 Å². The fraction of sp³-hybridized carbons (Fsp3) is 0.526. The molecule has 2 aliphatic rings. The second kappa shape index (κ2) is 7.68. The maximum Gasteiger partial charge on any atom is 0.310 e. The Morgan fingerprint density at radius 1 is 1.32 bits per heavy atom. The van der Waals surface area contributed by atoms with E-state index in [0.29, 0.717) is 39.0 Å². The second-order valence-corrected chi connectivity index (χ2v) is 6.65. The number of aryl methyl sites for hydroxylation is 1. The Morgan fingerprint density at radius 3 is 2.96 bits per heavy atom. The summed E-state index contributed by atoms with van der Waals surface area (Å²) in [5, 5.41) is 2.85. The van der Waals surface area contributed by atoms with Gasteiger partial charge in [0.1, 0.15) is 0 Å². The van der Waals surface area contributed by atoms with E-state index >= 15 is 0 Å². The topological polar surface area (TPSA) is 75.7 Å². The van der Waals surface area contributed by atoms with Gasteiger partial charge in [-0.2, -0.15) is 0 Å². The Bertz CT molecular complexity index is 686. The molecule has 0 spiro atoms. The molecule has 0 saturated carbocycles. The van der Waals surface area contributed by atoms with Gasteiger partial charge in [0.15, 0.2) is 0 Å². The van der Waals surface area contributed by atoms with Crippen molar-refractivity contribution in [3.05, 3.63) is 29.3 Å². The summed E-state index contributed by atoms with van der Waals surface area (Å²) in [4.78, 5) is 37.7. The first-order valence-corrected chi connectivity index (χ1v) is 8.93. The van der Waals surface area contributed by atoms with E-state index < -0.39 is 0 Å². The van der Waals surface area contributed by atoms with Crippen molar-refractivity contribution in [1.29, 1.82) is 0 Å². The molecule has 0 aromatic heterocycles. The number of likely N-dealkylation sites (tertiary alicyclic amines) is 1. The third-order valence-corrected chi connectivity index (χ3v) is 4.81. The van der Waals surface area contributed by atoms with Crippen LogP contribution in [0.25, 0.3) is 0 Å². The van der Waals surface area contributed by atoms with Gasteiger partial charge in [-0.15, -0.1) is 0 Å². The first-order chi connectivity index (χ1) is 12.1. The van der Waals surface area contributed by atoms with Gasteiger partial charge in [-0.05, 0) is 43.4 Å². The molecular formula is C19H24N2O4. The smallest absolute Gasteiger partial charge is 0.310 e. The van der Waals surface area contributed by atoms with Crippen molar-refractivity contribution < 1.29 is 19.1 Å². The third-order valence-electron chi connectivity index (χ3n) is 4.81. The van der Waals surface area contributed by atoms with Crippen LogP contribution in [0.3, 0.4) is 0 Å². The van der Waals surface area contributed by atoms with E-state index in [4.69, 9.17) is 4.74 Å². The summed E-state index contributed by atoms with van der Waals surface area (Å²) in [6.45, 7) is 3.30. The van der Waals surface area contributed by atoms with E-state index in [1.807, 2.05) is 18.2 Å². The molecule has 2 aliphatic heterocycles. The van der Waals surface area contributed by atoms with E-state index in [1.54, 1.807) is 11.8 Å². The van der Waals surface area contributed by atoms with Crippen LogP contribution in [-0.2, 0) is 32.0 Å². The Hall–Kier alpha value is -2.37. The van der Waals surface area contributed by atoms with Crippen molar-refractivity contribution in [2.75, 3.05) is 25.0 Å². The number of nitrogens with zero attached hydrogens (tertiary/aromatic N) is 1. The first-order valence-electron chi connectivity index (χ1n) is 8.93. The zero-order chi connectivity index (χ0) is 17.8. The zero-order valence-electron chi connectivity index (χ0n) is 14.5. The molecule has 1 N–H and O–H groups in total. The van der Waals surface area contributed by atoms with Gasteiger partial charge in [-0.1, -0.05) is 12.1 Å². The van der Waals surface area contributed by atoms with Crippen LogP contribution in [0.5, 0.6) is 0 Å². The van der Waals surface area contributed by atoms with Crippen LogP contribution in [0, 0.1) is 5.92 Å². The van der Waals surface area contributed by atoms with Crippen LogP contribution in [0.2, 0.25) is 0 Å². The molecule has 1 aromatic carbocycles. The summed E-state index contributed by atoms with van der Waals surface area (Å²) >= 11 is 0. The summed E-state index contributed by atoms with van der Waals surface area (Å²) in [5.74, 6) is -0.343. The lowest BCUT2D eigenvalue weighted by Crippen LogP contribution is -2.43. The lowest BCUT2D eigenvalue weighted by Gasteiger charge is -2.31. The number of nitrogens with one attached hydrogen (secondary N) is 1. The minimum absolute atomic E-state index is 0.0359. The summed E-state index contributed by atoms with van der Waals surface area (Å²) < 4.78 is 5.09. The van der Waals surface area contributed by atoms with Crippen molar-refractivity contribution in [3.63, 3.8) is 0 Å². The predicted octanol–water partition coefficient (Wildman–Crippen LogP) is 1.92. The van der Waals surface area contributed by atoms with Gasteiger partial charge in [0.2, 0.25) is 11.8 Å². The van der Waals surface area contributed by atoms with Crippen molar-refractivity contribution in [2.24, 2.45) is 5.92 Å². The highest BCUT2D eigenvalue weighted by Gasteiger charge is 2.29. The molecule has 0 aliphatic carbocycles. The number of carbonyl (C=O) groups excluding carboxylic acids is 3. The highest BCUT2D eigenvalue weighted by atomic mass is 16.5. The average Bonchev–Trinajstić information content (AvgIpc) is 2.62. The molecule has 2 amide bonds. The van der Waals surface area contributed by atoms with Gasteiger partial charge in [0, 0.05) is 25.2 Å². The normalized spacial score (nSPS) is 19.8. The SMILES string of the molecule is CCOC(=O)C1CCCN(C(=O)Cc2ccc3c(c2)CCC(=O)N3)C1. The van der Waals surface area contributed by atoms with E-state index in [-0.39, 0.29) is 23.7 Å². The number of benzene rings is 1. The highest BCUT2D eigenvalue weighted by molar-refractivity contribution is 5.94. The monoisotopic (exact) mass is 344 g/mol. The molecule has 6 heteroatoms. The van der Waals surface area contributed by atoms with Crippen molar-refractivity contribution >= 4 is 23.5 Å². The third kappa shape index (κ3) is 4.18. The molecule has 0 radical (unpaired) electrons. The summed E-state index contributed by atoms with van der Waals surface area (Å²) in [6, 6.07) is 5.75. The summed E-state index contributed by atoms with van der Waals surface area (Å²) in [5.41, 5.74) is 2.86. The average molecular weight is 344 g/mol. The molecule has 0 bridgehead atoms. The molecule has 25 heavy (non-hydrogen) atoms. The van der Waals surface area contributed by atoms with Crippen LogP contribution in [0.1, 0.15) is 37.3 Å².